The Labute approximate surface area is 135 Å². The summed E-state index contributed by atoms with van der Waals surface area (Å²) in [6, 6.07) is 14.6. The maximum atomic E-state index is 12.0. The van der Waals surface area contributed by atoms with Crippen LogP contribution in [0.3, 0.4) is 0 Å². The van der Waals surface area contributed by atoms with E-state index in [4.69, 9.17) is 0 Å². The average molecular weight is 314 g/mol. The lowest BCUT2D eigenvalue weighted by atomic mass is 9.64. The number of carbonyl (C=O) groups is 1. The summed E-state index contributed by atoms with van der Waals surface area (Å²) < 4.78 is 0. The van der Waals surface area contributed by atoms with Gasteiger partial charge in [-0.3, -0.25) is 0 Å². The molecule has 0 radical (unpaired) electrons. The van der Waals surface area contributed by atoms with Gasteiger partial charge in [-0.1, -0.05) is 42.8 Å². The lowest BCUT2D eigenvalue weighted by molar-refractivity contribution is 0.215. The summed E-state index contributed by atoms with van der Waals surface area (Å²) in [5.74, 6) is 0. The molecular weight excluding hydrogens is 292 g/mol. The van der Waals surface area contributed by atoms with Crippen molar-refractivity contribution in [3.05, 3.63) is 58.3 Å². The summed E-state index contributed by atoms with van der Waals surface area (Å²) >= 11 is 1.73. The smallest absolute Gasteiger partial charge is 0.314 e. The van der Waals surface area contributed by atoms with Gasteiger partial charge >= 0.3 is 6.03 Å². The molecule has 116 valence electrons. The average Bonchev–Trinajstić information content (AvgIpc) is 3.01. The summed E-state index contributed by atoms with van der Waals surface area (Å²) in [6.45, 7) is 1.41. The number of amides is 2. The van der Waals surface area contributed by atoms with Crippen LogP contribution in [0.2, 0.25) is 0 Å². The molecule has 0 aliphatic heterocycles. The fourth-order valence-electron chi connectivity index (χ4n) is 3.03. The SMILES string of the molecule is O=C(NCCc1cccs1)NCC1(c2ccccc2)CCC1. The third kappa shape index (κ3) is 3.50. The molecule has 0 unspecified atom stereocenters. The zero-order valence-corrected chi connectivity index (χ0v) is 13.5. The van der Waals surface area contributed by atoms with Gasteiger partial charge in [0.15, 0.2) is 0 Å². The van der Waals surface area contributed by atoms with Gasteiger partial charge in [-0.15, -0.1) is 11.3 Å². The Bertz CT molecular complexity index is 591. The Hall–Kier alpha value is -1.81. The minimum atomic E-state index is -0.0567. The van der Waals surface area contributed by atoms with Gasteiger partial charge in [-0.05, 0) is 36.3 Å². The number of thiophene rings is 1. The molecular formula is C18H22N2OS. The van der Waals surface area contributed by atoms with Gasteiger partial charge in [0.25, 0.3) is 0 Å². The summed E-state index contributed by atoms with van der Waals surface area (Å²) in [7, 11) is 0. The van der Waals surface area contributed by atoms with Crippen LogP contribution in [0.1, 0.15) is 29.7 Å². The standard InChI is InChI=1S/C18H22N2OS/c21-17(19-12-9-16-8-4-13-22-16)20-14-18(10-5-11-18)15-6-2-1-3-7-15/h1-4,6-8,13H,5,9-12,14H2,(H2,19,20,21). The van der Waals surface area contributed by atoms with E-state index in [9.17, 15) is 4.79 Å². The van der Waals surface area contributed by atoms with Crippen LogP contribution >= 0.6 is 11.3 Å². The summed E-state index contributed by atoms with van der Waals surface area (Å²) in [5, 5.41) is 8.07. The molecule has 1 fully saturated rings. The Kier molecular flexibility index (Phi) is 4.78. The van der Waals surface area contributed by atoms with Gasteiger partial charge < -0.3 is 10.6 Å². The number of urea groups is 1. The van der Waals surface area contributed by atoms with Crippen molar-refractivity contribution < 1.29 is 4.79 Å². The Balaban J connectivity index is 1.45. The molecule has 0 bridgehead atoms. The minimum Gasteiger partial charge on any atom is -0.338 e. The van der Waals surface area contributed by atoms with Crippen LogP contribution in [0, 0.1) is 0 Å². The van der Waals surface area contributed by atoms with Crippen molar-refractivity contribution in [2.45, 2.75) is 31.1 Å². The molecule has 3 nitrogen and oxygen atoms in total. The number of carbonyl (C=O) groups excluding carboxylic acids is 1. The Morgan fingerprint density at radius 3 is 2.55 bits per heavy atom. The van der Waals surface area contributed by atoms with Gasteiger partial charge in [0.2, 0.25) is 0 Å². The Morgan fingerprint density at radius 1 is 1.09 bits per heavy atom. The highest BCUT2D eigenvalue weighted by Gasteiger charge is 2.38. The third-order valence-corrected chi connectivity index (χ3v) is 5.46. The van der Waals surface area contributed by atoms with Gasteiger partial charge in [-0.25, -0.2) is 4.79 Å². The zero-order chi connectivity index (χ0) is 15.3. The largest absolute Gasteiger partial charge is 0.338 e. The maximum absolute atomic E-state index is 12.0. The van der Waals surface area contributed by atoms with Crippen LogP contribution in [-0.2, 0) is 11.8 Å². The van der Waals surface area contributed by atoms with E-state index in [0.29, 0.717) is 6.54 Å². The van der Waals surface area contributed by atoms with E-state index < -0.39 is 0 Å². The van der Waals surface area contributed by atoms with Crippen LogP contribution in [0.4, 0.5) is 4.79 Å². The first-order valence-corrected chi connectivity index (χ1v) is 8.76. The molecule has 1 aromatic carbocycles. The fourth-order valence-corrected chi connectivity index (χ4v) is 3.74. The van der Waals surface area contributed by atoms with Crippen molar-refractivity contribution >= 4 is 17.4 Å². The van der Waals surface area contributed by atoms with E-state index in [0.717, 1.165) is 25.8 Å². The highest BCUT2D eigenvalue weighted by atomic mass is 32.1. The van der Waals surface area contributed by atoms with E-state index in [-0.39, 0.29) is 11.4 Å². The van der Waals surface area contributed by atoms with Gasteiger partial charge in [0.1, 0.15) is 0 Å². The number of nitrogens with one attached hydrogen (secondary N) is 2. The lowest BCUT2D eigenvalue weighted by Crippen LogP contribution is -2.48. The summed E-state index contributed by atoms with van der Waals surface area (Å²) in [5.41, 5.74) is 1.49. The molecule has 1 aliphatic rings. The molecule has 0 atom stereocenters. The second kappa shape index (κ2) is 6.97. The number of hydrogen-bond donors (Lipinski definition) is 2. The highest BCUT2D eigenvalue weighted by molar-refractivity contribution is 7.09. The lowest BCUT2D eigenvalue weighted by Gasteiger charge is -2.42. The molecule has 1 saturated carbocycles. The molecule has 0 spiro atoms. The first kappa shape index (κ1) is 15.1. The molecule has 1 aromatic heterocycles. The fraction of sp³-hybridized carbons (Fsp3) is 0.389. The highest BCUT2D eigenvalue weighted by Crippen LogP contribution is 2.43. The van der Waals surface area contributed by atoms with Gasteiger partial charge in [0, 0.05) is 23.4 Å². The molecule has 2 aromatic rings. The predicted octanol–water partition coefficient (Wildman–Crippen LogP) is 3.71. The molecule has 1 aliphatic carbocycles. The van der Waals surface area contributed by atoms with Crippen LogP contribution in [0.5, 0.6) is 0 Å². The van der Waals surface area contributed by atoms with E-state index in [2.05, 4.69) is 46.3 Å². The normalized spacial score (nSPS) is 15.8. The number of benzene rings is 1. The van der Waals surface area contributed by atoms with Crippen molar-refractivity contribution in [1.82, 2.24) is 10.6 Å². The van der Waals surface area contributed by atoms with Crippen LogP contribution in [0.15, 0.2) is 47.8 Å². The summed E-state index contributed by atoms with van der Waals surface area (Å²) in [4.78, 5) is 13.3. The van der Waals surface area contributed by atoms with Crippen molar-refractivity contribution in [1.29, 1.82) is 0 Å². The van der Waals surface area contributed by atoms with Crippen LogP contribution in [0.25, 0.3) is 0 Å². The first-order chi connectivity index (χ1) is 10.8. The second-order valence-electron chi connectivity index (χ2n) is 5.94. The number of hydrogen-bond acceptors (Lipinski definition) is 2. The topological polar surface area (TPSA) is 41.1 Å². The second-order valence-corrected chi connectivity index (χ2v) is 6.97. The van der Waals surface area contributed by atoms with Crippen molar-refractivity contribution in [2.24, 2.45) is 0 Å². The van der Waals surface area contributed by atoms with Crippen molar-refractivity contribution in [3.8, 4) is 0 Å². The monoisotopic (exact) mass is 314 g/mol. The molecule has 22 heavy (non-hydrogen) atoms. The number of rotatable bonds is 6. The van der Waals surface area contributed by atoms with E-state index in [1.54, 1.807) is 11.3 Å². The Morgan fingerprint density at radius 2 is 1.91 bits per heavy atom. The molecule has 2 amide bonds. The van der Waals surface area contributed by atoms with E-state index in [1.165, 1.54) is 16.9 Å². The minimum absolute atomic E-state index is 0.0567. The summed E-state index contributed by atoms with van der Waals surface area (Å²) in [6.07, 6.45) is 4.46. The third-order valence-electron chi connectivity index (χ3n) is 4.52. The molecule has 1 heterocycles. The van der Waals surface area contributed by atoms with Gasteiger partial charge in [0.05, 0.1) is 0 Å². The molecule has 4 heteroatoms. The molecule has 3 rings (SSSR count). The molecule has 2 N–H and O–H groups in total. The van der Waals surface area contributed by atoms with Crippen molar-refractivity contribution in [2.75, 3.05) is 13.1 Å². The van der Waals surface area contributed by atoms with Crippen LogP contribution < -0.4 is 10.6 Å². The first-order valence-electron chi connectivity index (χ1n) is 7.88. The van der Waals surface area contributed by atoms with Crippen LogP contribution in [-0.4, -0.2) is 19.1 Å². The predicted molar refractivity (Wildman–Crippen MR) is 91.4 cm³/mol. The van der Waals surface area contributed by atoms with Gasteiger partial charge in [-0.2, -0.15) is 0 Å². The van der Waals surface area contributed by atoms with Crippen molar-refractivity contribution in [3.63, 3.8) is 0 Å². The zero-order valence-electron chi connectivity index (χ0n) is 12.7. The van der Waals surface area contributed by atoms with E-state index >= 15 is 0 Å². The van der Waals surface area contributed by atoms with E-state index in [1.807, 2.05) is 12.1 Å². The maximum Gasteiger partial charge on any atom is 0.314 e. The molecule has 0 saturated heterocycles. The quantitative estimate of drug-likeness (QED) is 0.838.